The predicted molar refractivity (Wildman–Crippen MR) is 126 cm³/mol. The van der Waals surface area contributed by atoms with Gasteiger partial charge in [0.1, 0.15) is 12.4 Å². The average molecular weight is 496 g/mol. The largest absolute Gasteiger partial charge is 0.492 e. The van der Waals surface area contributed by atoms with Crippen molar-refractivity contribution in [1.29, 1.82) is 0 Å². The smallest absolute Gasteiger partial charge is 0.221 e. The van der Waals surface area contributed by atoms with E-state index < -0.39 is 0 Å². The van der Waals surface area contributed by atoms with Gasteiger partial charge in [-0.05, 0) is 36.8 Å². The van der Waals surface area contributed by atoms with Crippen molar-refractivity contribution in [3.8, 4) is 5.75 Å². The van der Waals surface area contributed by atoms with Crippen LogP contribution >= 0.6 is 24.0 Å². The summed E-state index contributed by atoms with van der Waals surface area (Å²) >= 11 is 0. The third-order valence-electron chi connectivity index (χ3n) is 3.79. The summed E-state index contributed by atoms with van der Waals surface area (Å²) in [6.45, 7) is 6.14. The SMILES string of the molecule is CCNC(=NCc1cccc(NC(C)=O)c1)N(C)CCOc1ccccc1.I. The molecular weight excluding hydrogens is 467 g/mol. The molecule has 0 bridgehead atoms. The van der Waals surface area contributed by atoms with E-state index in [4.69, 9.17) is 9.73 Å². The molecule has 0 unspecified atom stereocenters. The number of hydrogen-bond acceptors (Lipinski definition) is 3. The highest BCUT2D eigenvalue weighted by Crippen LogP contribution is 2.12. The Hall–Kier alpha value is -2.29. The van der Waals surface area contributed by atoms with Crippen LogP contribution in [0, 0.1) is 0 Å². The van der Waals surface area contributed by atoms with Crippen LogP contribution in [0.5, 0.6) is 5.75 Å². The third-order valence-corrected chi connectivity index (χ3v) is 3.79. The molecule has 0 radical (unpaired) electrons. The first-order valence-electron chi connectivity index (χ1n) is 9.12. The molecule has 0 heterocycles. The highest BCUT2D eigenvalue weighted by molar-refractivity contribution is 14.0. The van der Waals surface area contributed by atoms with Crippen LogP contribution < -0.4 is 15.4 Å². The number of aliphatic imine (C=N–C) groups is 1. The summed E-state index contributed by atoms with van der Waals surface area (Å²) in [5.41, 5.74) is 1.82. The number of guanidine groups is 1. The predicted octanol–water partition coefficient (Wildman–Crippen LogP) is 3.74. The van der Waals surface area contributed by atoms with Gasteiger partial charge < -0.3 is 20.3 Å². The molecule has 2 aromatic carbocycles. The average Bonchev–Trinajstić information content (AvgIpc) is 2.65. The lowest BCUT2D eigenvalue weighted by Crippen LogP contribution is -2.40. The second-order valence-electron chi connectivity index (χ2n) is 6.13. The summed E-state index contributed by atoms with van der Waals surface area (Å²) in [7, 11) is 1.99. The third kappa shape index (κ3) is 8.60. The van der Waals surface area contributed by atoms with Gasteiger partial charge in [-0.1, -0.05) is 30.3 Å². The maximum Gasteiger partial charge on any atom is 0.221 e. The van der Waals surface area contributed by atoms with Gasteiger partial charge in [0.15, 0.2) is 5.96 Å². The number of amides is 1. The van der Waals surface area contributed by atoms with Gasteiger partial charge in [0.25, 0.3) is 0 Å². The Morgan fingerprint density at radius 1 is 1.14 bits per heavy atom. The van der Waals surface area contributed by atoms with Gasteiger partial charge in [-0.15, -0.1) is 24.0 Å². The standard InChI is InChI=1S/C21H28N4O2.HI/c1-4-22-21(25(3)13-14-27-20-11-6-5-7-12-20)23-16-18-9-8-10-19(15-18)24-17(2)26;/h5-12,15H,4,13-14,16H2,1-3H3,(H,22,23)(H,24,26);1H. The molecule has 7 heteroatoms. The zero-order valence-electron chi connectivity index (χ0n) is 16.6. The Labute approximate surface area is 184 Å². The molecule has 0 saturated carbocycles. The number of nitrogens with zero attached hydrogens (tertiary/aromatic N) is 2. The number of carbonyl (C=O) groups excluding carboxylic acids is 1. The number of carbonyl (C=O) groups is 1. The van der Waals surface area contributed by atoms with Crippen LogP contribution in [0.25, 0.3) is 0 Å². The first kappa shape index (κ1) is 23.7. The molecule has 0 atom stereocenters. The normalized spacial score (nSPS) is 10.6. The first-order valence-corrected chi connectivity index (χ1v) is 9.12. The lowest BCUT2D eigenvalue weighted by atomic mass is 10.2. The Balaban J connectivity index is 0.00000392. The van der Waals surface area contributed by atoms with Gasteiger partial charge in [0.05, 0.1) is 13.1 Å². The Bertz CT molecular complexity index is 753. The minimum Gasteiger partial charge on any atom is -0.492 e. The molecule has 0 aliphatic carbocycles. The number of benzene rings is 2. The summed E-state index contributed by atoms with van der Waals surface area (Å²) in [5.74, 6) is 1.60. The van der Waals surface area contributed by atoms with Gasteiger partial charge in [0, 0.05) is 26.2 Å². The number of rotatable bonds is 8. The monoisotopic (exact) mass is 496 g/mol. The molecule has 2 rings (SSSR count). The van der Waals surface area contributed by atoms with Crippen LogP contribution in [0.15, 0.2) is 59.6 Å². The zero-order valence-corrected chi connectivity index (χ0v) is 19.0. The number of anilines is 1. The quantitative estimate of drug-likeness (QED) is 0.332. The van der Waals surface area contributed by atoms with Crippen molar-refractivity contribution < 1.29 is 9.53 Å². The van der Waals surface area contributed by atoms with Gasteiger partial charge in [-0.3, -0.25) is 4.79 Å². The van der Waals surface area contributed by atoms with Crippen molar-refractivity contribution in [1.82, 2.24) is 10.2 Å². The van der Waals surface area contributed by atoms with Crippen LogP contribution in [0.2, 0.25) is 0 Å². The number of likely N-dealkylation sites (N-methyl/N-ethyl adjacent to an activating group) is 1. The maximum absolute atomic E-state index is 11.2. The number of ether oxygens (including phenoxy) is 1. The van der Waals surface area contributed by atoms with Crippen LogP contribution in [-0.4, -0.2) is 43.5 Å². The first-order chi connectivity index (χ1) is 13.1. The van der Waals surface area contributed by atoms with Crippen molar-refractivity contribution in [3.63, 3.8) is 0 Å². The molecule has 152 valence electrons. The fourth-order valence-corrected chi connectivity index (χ4v) is 2.51. The van der Waals surface area contributed by atoms with E-state index in [1.54, 1.807) is 0 Å². The Kier molecular flexibility index (Phi) is 11.0. The summed E-state index contributed by atoms with van der Waals surface area (Å²) in [6, 6.07) is 17.5. The number of halogens is 1. The molecule has 6 nitrogen and oxygen atoms in total. The lowest BCUT2D eigenvalue weighted by Gasteiger charge is -2.22. The van der Waals surface area contributed by atoms with Gasteiger partial charge in [0.2, 0.25) is 5.91 Å². The molecule has 0 aliphatic heterocycles. The molecule has 0 aliphatic rings. The molecule has 0 saturated heterocycles. The van der Waals surface area contributed by atoms with E-state index in [9.17, 15) is 4.79 Å². The fourth-order valence-electron chi connectivity index (χ4n) is 2.51. The van der Waals surface area contributed by atoms with E-state index in [0.717, 1.165) is 29.5 Å². The second kappa shape index (κ2) is 13.0. The van der Waals surface area contributed by atoms with Crippen molar-refractivity contribution in [2.75, 3.05) is 32.1 Å². The van der Waals surface area contributed by atoms with Gasteiger partial charge in [-0.2, -0.15) is 0 Å². The topological polar surface area (TPSA) is 66.0 Å². The van der Waals surface area contributed by atoms with E-state index in [-0.39, 0.29) is 29.9 Å². The highest BCUT2D eigenvalue weighted by atomic mass is 127. The lowest BCUT2D eigenvalue weighted by molar-refractivity contribution is -0.114. The minimum atomic E-state index is -0.0814. The summed E-state index contributed by atoms with van der Waals surface area (Å²) < 4.78 is 5.76. The van der Waals surface area contributed by atoms with Crippen LogP contribution in [0.3, 0.4) is 0 Å². The van der Waals surface area contributed by atoms with E-state index in [0.29, 0.717) is 19.7 Å². The van der Waals surface area contributed by atoms with Crippen molar-refractivity contribution >= 4 is 41.5 Å². The van der Waals surface area contributed by atoms with E-state index in [1.165, 1.54) is 6.92 Å². The van der Waals surface area contributed by atoms with Gasteiger partial charge >= 0.3 is 0 Å². The second-order valence-corrected chi connectivity index (χ2v) is 6.13. The van der Waals surface area contributed by atoms with Crippen LogP contribution in [0.4, 0.5) is 5.69 Å². The maximum atomic E-state index is 11.2. The van der Waals surface area contributed by atoms with Crippen molar-refractivity contribution in [2.45, 2.75) is 20.4 Å². The van der Waals surface area contributed by atoms with Crippen molar-refractivity contribution in [2.24, 2.45) is 4.99 Å². The summed E-state index contributed by atoms with van der Waals surface area (Å²) in [4.78, 5) is 17.9. The van der Waals surface area contributed by atoms with E-state index >= 15 is 0 Å². The molecule has 2 aromatic rings. The molecule has 1 amide bonds. The fraction of sp³-hybridized carbons (Fsp3) is 0.333. The van der Waals surface area contributed by atoms with Crippen LogP contribution in [-0.2, 0) is 11.3 Å². The Morgan fingerprint density at radius 2 is 1.89 bits per heavy atom. The summed E-state index contributed by atoms with van der Waals surface area (Å²) in [6.07, 6.45) is 0. The molecule has 28 heavy (non-hydrogen) atoms. The van der Waals surface area contributed by atoms with Crippen LogP contribution in [0.1, 0.15) is 19.4 Å². The van der Waals surface area contributed by atoms with Gasteiger partial charge in [-0.25, -0.2) is 4.99 Å². The molecule has 0 fully saturated rings. The molecule has 0 spiro atoms. The van der Waals surface area contributed by atoms with Crippen molar-refractivity contribution in [3.05, 3.63) is 60.2 Å². The van der Waals surface area contributed by atoms with E-state index in [1.807, 2.05) is 73.5 Å². The molecule has 2 N–H and O–H groups in total. The van der Waals surface area contributed by atoms with E-state index in [2.05, 4.69) is 10.6 Å². The molecular formula is C21H29IN4O2. The summed E-state index contributed by atoms with van der Waals surface area (Å²) in [5, 5.41) is 6.09. The number of para-hydroxylation sites is 1. The zero-order chi connectivity index (χ0) is 19.5. The minimum absolute atomic E-state index is 0. The molecule has 0 aromatic heterocycles. The number of nitrogens with one attached hydrogen (secondary N) is 2. The number of hydrogen-bond donors (Lipinski definition) is 2. The highest BCUT2D eigenvalue weighted by Gasteiger charge is 2.06. The Morgan fingerprint density at radius 3 is 2.57 bits per heavy atom.